The Bertz CT molecular complexity index is 724. The fraction of sp³-hybridized carbons (Fsp3) is 0.188. The maximum Gasteiger partial charge on any atom is 0.347 e. The first-order valence-corrected chi connectivity index (χ1v) is 8.12. The number of esters is 1. The van der Waals surface area contributed by atoms with E-state index in [1.165, 1.54) is 6.20 Å². The smallest absolute Gasteiger partial charge is 0.347 e. The minimum Gasteiger partial charge on any atom is -0.479 e. The van der Waals surface area contributed by atoms with Gasteiger partial charge in [0.25, 0.3) is 5.91 Å². The van der Waals surface area contributed by atoms with Gasteiger partial charge in [-0.05, 0) is 43.3 Å². The summed E-state index contributed by atoms with van der Waals surface area (Å²) in [6.45, 7) is 1.10. The fourth-order valence-electron chi connectivity index (χ4n) is 1.68. The van der Waals surface area contributed by atoms with Crippen molar-refractivity contribution >= 4 is 45.1 Å². The Morgan fingerprint density at radius 3 is 2.67 bits per heavy atom. The predicted molar refractivity (Wildman–Crippen MR) is 93.1 cm³/mol. The van der Waals surface area contributed by atoms with E-state index < -0.39 is 24.6 Å². The molecular formula is C16H14BrClN2O4. The van der Waals surface area contributed by atoms with Crippen LogP contribution in [0.4, 0.5) is 5.69 Å². The average Bonchev–Trinajstić information content (AvgIpc) is 2.57. The summed E-state index contributed by atoms with van der Waals surface area (Å²) in [7, 11) is 0. The normalized spacial score (nSPS) is 11.5. The van der Waals surface area contributed by atoms with Crippen LogP contribution in [0, 0.1) is 0 Å². The molecule has 0 aliphatic carbocycles. The van der Waals surface area contributed by atoms with Gasteiger partial charge in [0.1, 0.15) is 5.75 Å². The number of carbonyl (C=O) groups is 2. The van der Waals surface area contributed by atoms with Crippen LogP contribution in [0.15, 0.2) is 47.1 Å². The number of ether oxygens (including phenoxy) is 2. The molecule has 1 aromatic carbocycles. The lowest BCUT2D eigenvalue weighted by Crippen LogP contribution is -2.29. The lowest BCUT2D eigenvalue weighted by atomic mass is 10.3. The van der Waals surface area contributed by atoms with Crippen LogP contribution >= 0.6 is 27.5 Å². The number of nitrogens with zero attached hydrogens (tertiary/aromatic N) is 1. The number of nitrogens with one attached hydrogen (secondary N) is 1. The summed E-state index contributed by atoms with van der Waals surface area (Å²) in [4.78, 5) is 27.5. The van der Waals surface area contributed by atoms with E-state index in [1.54, 1.807) is 43.3 Å². The molecular weight excluding hydrogens is 400 g/mol. The molecule has 2 aromatic rings. The Kier molecular flexibility index (Phi) is 6.57. The highest BCUT2D eigenvalue weighted by Crippen LogP contribution is 2.18. The van der Waals surface area contributed by atoms with Gasteiger partial charge in [-0.2, -0.15) is 0 Å². The Morgan fingerprint density at radius 2 is 2.00 bits per heavy atom. The molecule has 0 saturated heterocycles. The molecule has 2 rings (SSSR count). The maximum atomic E-state index is 11.9. The van der Waals surface area contributed by atoms with Gasteiger partial charge >= 0.3 is 5.97 Å². The maximum absolute atomic E-state index is 11.9. The molecule has 0 unspecified atom stereocenters. The number of hydrogen-bond acceptors (Lipinski definition) is 5. The second-order valence-corrected chi connectivity index (χ2v) is 5.99. The molecule has 1 N–H and O–H groups in total. The minimum atomic E-state index is -0.846. The van der Waals surface area contributed by atoms with Gasteiger partial charge in [0.15, 0.2) is 17.9 Å². The highest BCUT2D eigenvalue weighted by atomic mass is 79.9. The Hall–Kier alpha value is -2.12. The van der Waals surface area contributed by atoms with Gasteiger partial charge in [0.2, 0.25) is 0 Å². The third-order valence-corrected chi connectivity index (χ3v) is 3.67. The lowest BCUT2D eigenvalue weighted by molar-refractivity contribution is -0.153. The highest BCUT2D eigenvalue weighted by Gasteiger charge is 2.18. The molecule has 24 heavy (non-hydrogen) atoms. The van der Waals surface area contributed by atoms with Gasteiger partial charge in [-0.3, -0.25) is 4.79 Å². The monoisotopic (exact) mass is 412 g/mol. The summed E-state index contributed by atoms with van der Waals surface area (Å²) in [5, 5.41) is 2.66. The summed E-state index contributed by atoms with van der Waals surface area (Å²) in [6.07, 6.45) is 0.653. The second-order valence-electron chi connectivity index (χ2n) is 4.71. The molecule has 0 fully saturated rings. The number of benzene rings is 1. The molecule has 0 aliphatic rings. The van der Waals surface area contributed by atoms with E-state index >= 15 is 0 Å². The first-order valence-electron chi connectivity index (χ1n) is 6.95. The Balaban J connectivity index is 1.80. The zero-order valence-corrected chi connectivity index (χ0v) is 15.0. The SMILES string of the molecule is C[C@H](Oc1ccc(Br)cc1)C(=O)OCC(=O)Nc1cccnc1Cl. The van der Waals surface area contributed by atoms with Crippen LogP contribution in [0.25, 0.3) is 0 Å². The standard InChI is InChI=1S/C16H14BrClN2O4/c1-10(24-12-6-4-11(17)5-7-12)16(22)23-9-14(21)20-13-3-2-8-19-15(13)18/h2-8,10H,9H2,1H3,(H,20,21)/t10-/m0/s1. The molecule has 0 saturated carbocycles. The summed E-state index contributed by atoms with van der Waals surface area (Å²) in [6, 6.07) is 10.2. The average molecular weight is 414 g/mol. The number of pyridine rings is 1. The number of rotatable bonds is 6. The van der Waals surface area contributed by atoms with E-state index in [0.717, 1.165) is 4.47 Å². The quantitative estimate of drug-likeness (QED) is 0.580. The zero-order valence-electron chi connectivity index (χ0n) is 12.7. The van der Waals surface area contributed by atoms with Gasteiger partial charge in [-0.1, -0.05) is 27.5 Å². The van der Waals surface area contributed by atoms with Gasteiger partial charge < -0.3 is 14.8 Å². The molecule has 0 spiro atoms. The van der Waals surface area contributed by atoms with Crippen molar-refractivity contribution in [3.8, 4) is 5.75 Å². The molecule has 0 radical (unpaired) electrons. The minimum absolute atomic E-state index is 0.157. The van der Waals surface area contributed by atoms with E-state index in [9.17, 15) is 9.59 Å². The van der Waals surface area contributed by atoms with Crippen molar-refractivity contribution < 1.29 is 19.1 Å². The van der Waals surface area contributed by atoms with Crippen molar-refractivity contribution in [3.05, 3.63) is 52.2 Å². The first kappa shape index (κ1) is 18.2. The zero-order chi connectivity index (χ0) is 17.5. The van der Waals surface area contributed by atoms with E-state index in [4.69, 9.17) is 21.1 Å². The Labute approximate surface area is 152 Å². The number of amides is 1. The third kappa shape index (κ3) is 5.50. The van der Waals surface area contributed by atoms with Crippen molar-refractivity contribution in [1.29, 1.82) is 0 Å². The summed E-state index contributed by atoms with van der Waals surface area (Å²) in [5.74, 6) is -0.645. The van der Waals surface area contributed by atoms with Crippen LogP contribution < -0.4 is 10.1 Å². The van der Waals surface area contributed by atoms with E-state index in [1.807, 2.05) is 0 Å². The molecule has 126 valence electrons. The molecule has 1 heterocycles. The summed E-state index contributed by atoms with van der Waals surface area (Å²) < 4.78 is 11.3. The van der Waals surface area contributed by atoms with Crippen molar-refractivity contribution in [2.24, 2.45) is 0 Å². The van der Waals surface area contributed by atoms with E-state index in [-0.39, 0.29) is 5.15 Å². The molecule has 8 heteroatoms. The molecule has 0 aliphatic heterocycles. The number of carbonyl (C=O) groups excluding carboxylic acids is 2. The van der Waals surface area contributed by atoms with Gasteiger partial charge in [0.05, 0.1) is 5.69 Å². The van der Waals surface area contributed by atoms with Gasteiger partial charge in [0, 0.05) is 10.7 Å². The van der Waals surface area contributed by atoms with E-state index in [0.29, 0.717) is 11.4 Å². The molecule has 1 atom stereocenters. The highest BCUT2D eigenvalue weighted by molar-refractivity contribution is 9.10. The molecule has 1 aromatic heterocycles. The van der Waals surface area contributed by atoms with Gasteiger partial charge in [-0.15, -0.1) is 0 Å². The predicted octanol–water partition coefficient (Wildman–Crippen LogP) is 3.45. The van der Waals surface area contributed by atoms with Gasteiger partial charge in [-0.25, -0.2) is 9.78 Å². The van der Waals surface area contributed by atoms with Crippen molar-refractivity contribution in [3.63, 3.8) is 0 Å². The first-order chi connectivity index (χ1) is 11.5. The number of anilines is 1. The largest absolute Gasteiger partial charge is 0.479 e. The van der Waals surface area contributed by atoms with Crippen LogP contribution in [-0.2, 0) is 14.3 Å². The van der Waals surface area contributed by atoms with Crippen LogP contribution in [0.1, 0.15) is 6.92 Å². The number of aromatic nitrogens is 1. The second kappa shape index (κ2) is 8.65. The van der Waals surface area contributed by atoms with Crippen molar-refractivity contribution in [2.75, 3.05) is 11.9 Å². The lowest BCUT2D eigenvalue weighted by Gasteiger charge is -2.14. The topological polar surface area (TPSA) is 77.5 Å². The molecule has 6 nitrogen and oxygen atoms in total. The Morgan fingerprint density at radius 1 is 1.29 bits per heavy atom. The fourth-order valence-corrected chi connectivity index (χ4v) is 2.12. The van der Waals surface area contributed by atoms with Crippen molar-refractivity contribution in [1.82, 2.24) is 4.98 Å². The molecule has 1 amide bonds. The molecule has 0 bridgehead atoms. The number of hydrogen-bond donors (Lipinski definition) is 1. The van der Waals surface area contributed by atoms with Crippen LogP contribution in [-0.4, -0.2) is 29.6 Å². The van der Waals surface area contributed by atoms with Crippen LogP contribution in [0.3, 0.4) is 0 Å². The van der Waals surface area contributed by atoms with Crippen LogP contribution in [0.5, 0.6) is 5.75 Å². The summed E-state index contributed by atoms with van der Waals surface area (Å²) in [5.41, 5.74) is 0.347. The summed E-state index contributed by atoms with van der Waals surface area (Å²) >= 11 is 9.13. The number of halogens is 2. The van der Waals surface area contributed by atoms with E-state index in [2.05, 4.69) is 26.2 Å². The van der Waals surface area contributed by atoms with Crippen molar-refractivity contribution in [2.45, 2.75) is 13.0 Å². The third-order valence-electron chi connectivity index (χ3n) is 2.84. The van der Waals surface area contributed by atoms with Crippen LogP contribution in [0.2, 0.25) is 5.15 Å².